The molecule has 0 saturated heterocycles. The Labute approximate surface area is 144 Å². The molecule has 1 aliphatic carbocycles. The molecular formula is C19H29NO4. The number of amides is 1. The third-order valence-electron chi connectivity index (χ3n) is 4.06. The van der Waals surface area contributed by atoms with Crippen molar-refractivity contribution >= 4 is 6.09 Å². The van der Waals surface area contributed by atoms with Crippen molar-refractivity contribution in [2.45, 2.75) is 51.4 Å². The van der Waals surface area contributed by atoms with Crippen molar-refractivity contribution in [3.05, 3.63) is 35.9 Å². The zero-order valence-corrected chi connectivity index (χ0v) is 15.2. The van der Waals surface area contributed by atoms with Crippen LogP contribution in [0, 0.1) is 0 Å². The van der Waals surface area contributed by atoms with Gasteiger partial charge in [0.05, 0.1) is 32.0 Å². The lowest BCUT2D eigenvalue weighted by molar-refractivity contribution is -0.00882. The van der Waals surface area contributed by atoms with Gasteiger partial charge in [0.1, 0.15) is 5.60 Å². The van der Waals surface area contributed by atoms with Gasteiger partial charge in [-0.3, -0.25) is 0 Å². The van der Waals surface area contributed by atoms with Crippen molar-refractivity contribution in [2.75, 3.05) is 26.9 Å². The average Bonchev–Trinajstić information content (AvgIpc) is 3.30. The summed E-state index contributed by atoms with van der Waals surface area (Å²) in [5.74, 6) is 0. The zero-order chi connectivity index (χ0) is 17.6. The number of rotatable bonds is 8. The van der Waals surface area contributed by atoms with Crippen LogP contribution in [0.1, 0.15) is 39.2 Å². The fourth-order valence-electron chi connectivity index (χ4n) is 2.39. The molecule has 1 aliphatic rings. The van der Waals surface area contributed by atoms with Gasteiger partial charge < -0.3 is 19.1 Å². The molecule has 0 N–H and O–H groups in total. The molecule has 2 rings (SSSR count). The van der Waals surface area contributed by atoms with Gasteiger partial charge in [0, 0.05) is 7.05 Å². The summed E-state index contributed by atoms with van der Waals surface area (Å²) in [7, 11) is 1.79. The van der Waals surface area contributed by atoms with E-state index >= 15 is 0 Å². The van der Waals surface area contributed by atoms with Gasteiger partial charge in [-0.2, -0.15) is 0 Å². The van der Waals surface area contributed by atoms with Crippen LogP contribution in [0.2, 0.25) is 0 Å². The molecule has 24 heavy (non-hydrogen) atoms. The highest BCUT2D eigenvalue weighted by atomic mass is 16.6. The largest absolute Gasteiger partial charge is 0.444 e. The summed E-state index contributed by atoms with van der Waals surface area (Å²) < 4.78 is 16.8. The van der Waals surface area contributed by atoms with Crippen LogP contribution in [0.15, 0.2) is 30.3 Å². The van der Waals surface area contributed by atoms with Crippen LogP contribution in [0.3, 0.4) is 0 Å². The fraction of sp³-hybridized carbons (Fsp3) is 0.632. The van der Waals surface area contributed by atoms with E-state index in [1.54, 1.807) is 11.9 Å². The van der Waals surface area contributed by atoms with Crippen LogP contribution < -0.4 is 0 Å². The molecule has 0 radical (unpaired) electrons. The molecular weight excluding hydrogens is 306 g/mol. The molecule has 1 amide bonds. The number of carbonyl (C=O) groups is 1. The third-order valence-corrected chi connectivity index (χ3v) is 4.06. The van der Waals surface area contributed by atoms with Crippen molar-refractivity contribution < 1.29 is 19.0 Å². The van der Waals surface area contributed by atoms with Gasteiger partial charge in [-0.25, -0.2) is 4.79 Å². The second-order valence-corrected chi connectivity index (χ2v) is 7.35. The number of nitrogens with zero attached hydrogens (tertiary/aromatic N) is 1. The van der Waals surface area contributed by atoms with Crippen LogP contribution >= 0.6 is 0 Å². The van der Waals surface area contributed by atoms with Crippen molar-refractivity contribution in [3.63, 3.8) is 0 Å². The van der Waals surface area contributed by atoms with E-state index in [1.165, 1.54) is 0 Å². The smallest absolute Gasteiger partial charge is 0.410 e. The Kier molecular flexibility index (Phi) is 6.24. The number of hydrogen-bond acceptors (Lipinski definition) is 4. The summed E-state index contributed by atoms with van der Waals surface area (Å²) >= 11 is 0. The Hall–Kier alpha value is -1.59. The monoisotopic (exact) mass is 335 g/mol. The molecule has 0 bridgehead atoms. The molecule has 0 aliphatic heterocycles. The predicted octanol–water partition coefficient (Wildman–Crippen LogP) is 3.62. The molecule has 0 unspecified atom stereocenters. The molecule has 1 aromatic rings. The van der Waals surface area contributed by atoms with Gasteiger partial charge in [0.15, 0.2) is 0 Å². The van der Waals surface area contributed by atoms with E-state index in [0.29, 0.717) is 26.4 Å². The lowest BCUT2D eigenvalue weighted by atomic mass is 10.2. The van der Waals surface area contributed by atoms with Gasteiger partial charge in [-0.15, -0.1) is 0 Å². The lowest BCUT2D eigenvalue weighted by Crippen LogP contribution is -2.45. The molecule has 0 atom stereocenters. The van der Waals surface area contributed by atoms with Crippen molar-refractivity contribution in [3.8, 4) is 0 Å². The Bertz CT molecular complexity index is 520. The molecule has 0 heterocycles. The third kappa shape index (κ3) is 5.80. The summed E-state index contributed by atoms with van der Waals surface area (Å²) in [5, 5.41) is 0. The SMILES string of the molecule is CN(C(=O)OC(C)(C)C)C1(COCCOCc2ccccc2)CC1. The van der Waals surface area contributed by atoms with Crippen LogP contribution in [0.25, 0.3) is 0 Å². The van der Waals surface area contributed by atoms with E-state index < -0.39 is 5.60 Å². The quantitative estimate of drug-likeness (QED) is 0.681. The Morgan fingerprint density at radius 3 is 2.33 bits per heavy atom. The van der Waals surface area contributed by atoms with Gasteiger partial charge >= 0.3 is 6.09 Å². The standard InChI is InChI=1S/C19H29NO4/c1-18(2,3)24-17(21)20(4)19(10-11-19)15-23-13-12-22-14-16-8-6-5-7-9-16/h5-9H,10-15H2,1-4H3. The molecule has 1 fully saturated rings. The molecule has 0 spiro atoms. The second kappa shape index (κ2) is 7.99. The summed E-state index contributed by atoms with van der Waals surface area (Å²) in [6.07, 6.45) is 1.62. The predicted molar refractivity (Wildman–Crippen MR) is 92.9 cm³/mol. The maximum atomic E-state index is 12.2. The van der Waals surface area contributed by atoms with Crippen molar-refractivity contribution in [1.82, 2.24) is 4.90 Å². The van der Waals surface area contributed by atoms with E-state index in [1.807, 2.05) is 51.1 Å². The van der Waals surface area contributed by atoms with Gasteiger partial charge in [-0.05, 0) is 39.2 Å². The van der Waals surface area contributed by atoms with Crippen LogP contribution in [0.4, 0.5) is 4.79 Å². The zero-order valence-electron chi connectivity index (χ0n) is 15.2. The maximum absolute atomic E-state index is 12.2. The minimum atomic E-state index is -0.479. The van der Waals surface area contributed by atoms with Crippen LogP contribution in [-0.4, -0.2) is 49.0 Å². The first-order chi connectivity index (χ1) is 11.3. The maximum Gasteiger partial charge on any atom is 0.410 e. The number of hydrogen-bond donors (Lipinski definition) is 0. The summed E-state index contributed by atoms with van der Waals surface area (Å²) in [5.41, 5.74) is 0.468. The highest BCUT2D eigenvalue weighted by Crippen LogP contribution is 2.41. The topological polar surface area (TPSA) is 48.0 Å². The molecule has 1 saturated carbocycles. The number of likely N-dealkylation sites (N-methyl/N-ethyl adjacent to an activating group) is 1. The summed E-state index contributed by atoms with van der Waals surface area (Å²) in [6, 6.07) is 10.1. The van der Waals surface area contributed by atoms with E-state index in [9.17, 15) is 4.79 Å². The first-order valence-corrected chi connectivity index (χ1v) is 8.49. The second-order valence-electron chi connectivity index (χ2n) is 7.35. The average molecular weight is 335 g/mol. The minimum absolute atomic E-state index is 0.207. The van der Waals surface area contributed by atoms with Crippen molar-refractivity contribution in [2.24, 2.45) is 0 Å². The minimum Gasteiger partial charge on any atom is -0.444 e. The Morgan fingerprint density at radius 1 is 1.12 bits per heavy atom. The molecule has 5 nitrogen and oxygen atoms in total. The number of carbonyl (C=O) groups excluding carboxylic acids is 1. The normalized spacial score (nSPS) is 15.8. The van der Waals surface area contributed by atoms with Gasteiger partial charge in [0.25, 0.3) is 0 Å². The van der Waals surface area contributed by atoms with Gasteiger partial charge in [0.2, 0.25) is 0 Å². The molecule has 5 heteroatoms. The molecule has 0 aromatic heterocycles. The highest BCUT2D eigenvalue weighted by molar-refractivity contribution is 5.69. The summed E-state index contributed by atoms with van der Waals surface area (Å²) in [6.45, 7) is 7.80. The number of benzene rings is 1. The fourth-order valence-corrected chi connectivity index (χ4v) is 2.39. The molecule has 1 aromatic carbocycles. The Balaban J connectivity index is 1.63. The summed E-state index contributed by atoms with van der Waals surface area (Å²) in [4.78, 5) is 13.8. The van der Waals surface area contributed by atoms with Gasteiger partial charge in [-0.1, -0.05) is 30.3 Å². The molecule has 134 valence electrons. The van der Waals surface area contributed by atoms with E-state index in [-0.39, 0.29) is 11.6 Å². The lowest BCUT2D eigenvalue weighted by Gasteiger charge is -2.30. The highest BCUT2D eigenvalue weighted by Gasteiger charge is 2.49. The van der Waals surface area contributed by atoms with Crippen LogP contribution in [0.5, 0.6) is 0 Å². The first kappa shape index (κ1) is 18.7. The number of ether oxygens (including phenoxy) is 3. The van der Waals surface area contributed by atoms with E-state index in [0.717, 1.165) is 18.4 Å². The van der Waals surface area contributed by atoms with Crippen molar-refractivity contribution in [1.29, 1.82) is 0 Å². The van der Waals surface area contributed by atoms with E-state index in [4.69, 9.17) is 14.2 Å². The van der Waals surface area contributed by atoms with E-state index in [2.05, 4.69) is 0 Å². The Morgan fingerprint density at radius 2 is 1.75 bits per heavy atom. The first-order valence-electron chi connectivity index (χ1n) is 8.49. The van der Waals surface area contributed by atoms with Crippen LogP contribution in [-0.2, 0) is 20.8 Å².